The molecule has 0 aromatic carbocycles. The molecule has 0 heterocycles. The summed E-state index contributed by atoms with van der Waals surface area (Å²) in [5.74, 6) is -3.33. The van der Waals surface area contributed by atoms with Gasteiger partial charge in [-0.25, -0.2) is 13.2 Å². The topological polar surface area (TPSA) is 20.2 Å². The Bertz CT molecular complexity index is 55.7. The summed E-state index contributed by atoms with van der Waals surface area (Å²) in [6.45, 7) is 0.400. The van der Waals surface area contributed by atoms with Crippen LogP contribution in [-0.2, 0) is 0 Å². The molecule has 1 nitrogen and oxygen atoms in total. The summed E-state index contributed by atoms with van der Waals surface area (Å²) in [5, 5.41) is 7.68. The first kappa shape index (κ1) is 6.75. The van der Waals surface area contributed by atoms with Gasteiger partial charge in [-0.1, -0.05) is 0 Å². The second kappa shape index (κ2) is 1.69. The third-order valence-corrected chi connectivity index (χ3v) is 0.398. The number of halogens is 3. The van der Waals surface area contributed by atoms with Crippen LogP contribution in [0.15, 0.2) is 0 Å². The van der Waals surface area contributed by atoms with E-state index in [0.717, 1.165) is 0 Å². The molecule has 44 valence electrons. The van der Waals surface area contributed by atoms with Crippen LogP contribution < -0.4 is 0 Å². The number of rotatable bonds is 1. The van der Waals surface area contributed by atoms with Gasteiger partial charge in [0.1, 0.15) is 0 Å². The molecule has 0 aromatic heterocycles. The van der Waals surface area contributed by atoms with Gasteiger partial charge in [-0.15, -0.1) is 0 Å². The highest BCUT2D eigenvalue weighted by molar-refractivity contribution is 4.57. The molecule has 0 aliphatic rings. The third-order valence-electron chi connectivity index (χ3n) is 0.398. The highest BCUT2D eigenvalue weighted by Gasteiger charge is 2.30. The largest absolute Gasteiger partial charge is 0.358 e. The minimum Gasteiger partial charge on any atom is -0.358 e. The van der Waals surface area contributed by atoms with Crippen LogP contribution >= 0.6 is 0 Å². The molecule has 0 saturated carbocycles. The van der Waals surface area contributed by atoms with Crippen molar-refractivity contribution in [2.24, 2.45) is 0 Å². The summed E-state index contributed by atoms with van der Waals surface area (Å²) < 4.78 is 33.2. The lowest BCUT2D eigenvalue weighted by atomic mass is 10.4. The van der Waals surface area contributed by atoms with Crippen LogP contribution in [0.5, 0.6) is 0 Å². The Morgan fingerprint density at radius 2 is 1.71 bits per heavy atom. The Labute approximate surface area is 38.8 Å². The molecule has 0 spiro atoms. The molecule has 7 heavy (non-hydrogen) atoms. The quantitative estimate of drug-likeness (QED) is 0.537. The molecule has 0 fully saturated rings. The molecule has 1 atom stereocenters. The third kappa shape index (κ3) is 2.45. The number of alkyl halides is 3. The summed E-state index contributed by atoms with van der Waals surface area (Å²) in [6.07, 6.45) is -3.31. The van der Waals surface area contributed by atoms with Crippen molar-refractivity contribution in [1.82, 2.24) is 0 Å². The first-order valence-corrected chi connectivity index (χ1v) is 1.64. The summed E-state index contributed by atoms with van der Waals surface area (Å²) in [6, 6.07) is 0. The number of aliphatic hydroxyl groups is 1. The molecule has 0 aliphatic heterocycles. The fraction of sp³-hybridized carbons (Fsp3) is 1.00. The van der Waals surface area contributed by atoms with Gasteiger partial charge in [-0.05, 0) is 0 Å². The molecule has 0 saturated heterocycles. The van der Waals surface area contributed by atoms with Gasteiger partial charge in [0.15, 0.2) is 0 Å². The minimum atomic E-state index is -3.33. The first-order chi connectivity index (χ1) is 2.94. The number of hydrogen-bond donors (Lipinski definition) is 1. The monoisotopic (exact) mass is 114 g/mol. The molecule has 1 N–H and O–H groups in total. The minimum absolute atomic E-state index is 0.400. The van der Waals surface area contributed by atoms with E-state index in [1.807, 2.05) is 0 Å². The maximum Gasteiger partial charge on any atom is 0.295 e. The van der Waals surface area contributed by atoms with Crippen LogP contribution in [0.3, 0.4) is 0 Å². The van der Waals surface area contributed by atoms with E-state index < -0.39 is 12.3 Å². The van der Waals surface area contributed by atoms with Gasteiger partial charge in [-0.2, -0.15) is 0 Å². The second-order valence-electron chi connectivity index (χ2n) is 1.32. The van der Waals surface area contributed by atoms with Crippen LogP contribution in [0.1, 0.15) is 6.92 Å². The van der Waals surface area contributed by atoms with E-state index in [9.17, 15) is 13.2 Å². The molecule has 0 amide bonds. The molecule has 0 aliphatic carbocycles. The van der Waals surface area contributed by atoms with Crippen molar-refractivity contribution >= 4 is 0 Å². The Balaban J connectivity index is 3.54. The standard InChI is InChI=1S/C3H5F3O/c1-3(6,7)2(4)5/h2,7H,1H3/t3-/m1/s1. The van der Waals surface area contributed by atoms with Crippen molar-refractivity contribution < 1.29 is 18.3 Å². The van der Waals surface area contributed by atoms with Gasteiger partial charge in [-0.3, -0.25) is 0 Å². The van der Waals surface area contributed by atoms with Gasteiger partial charge < -0.3 is 5.11 Å². The zero-order valence-electron chi connectivity index (χ0n) is 3.66. The average molecular weight is 114 g/mol. The predicted molar refractivity (Wildman–Crippen MR) is 17.7 cm³/mol. The van der Waals surface area contributed by atoms with E-state index in [1.54, 1.807) is 0 Å². The normalized spacial score (nSPS) is 19.7. The molecule has 0 unspecified atom stereocenters. The molecule has 0 rings (SSSR count). The Hall–Kier alpha value is -0.250. The van der Waals surface area contributed by atoms with Crippen LogP contribution in [0.2, 0.25) is 0 Å². The lowest BCUT2D eigenvalue weighted by Crippen LogP contribution is -2.26. The summed E-state index contributed by atoms with van der Waals surface area (Å²) >= 11 is 0. The lowest BCUT2D eigenvalue weighted by Gasteiger charge is -2.08. The van der Waals surface area contributed by atoms with Crippen molar-refractivity contribution in [3.63, 3.8) is 0 Å². The second-order valence-corrected chi connectivity index (χ2v) is 1.32. The predicted octanol–water partition coefficient (Wildman–Crippen LogP) is 0.929. The van der Waals surface area contributed by atoms with Gasteiger partial charge in [0.2, 0.25) is 0 Å². The van der Waals surface area contributed by atoms with Crippen molar-refractivity contribution in [2.75, 3.05) is 0 Å². The highest BCUT2D eigenvalue weighted by Crippen LogP contribution is 2.14. The highest BCUT2D eigenvalue weighted by atomic mass is 19.3. The van der Waals surface area contributed by atoms with Gasteiger partial charge >= 0.3 is 0 Å². The Morgan fingerprint density at radius 1 is 1.57 bits per heavy atom. The molecular weight excluding hydrogens is 109 g/mol. The summed E-state index contributed by atoms with van der Waals surface area (Å²) in [7, 11) is 0. The molecule has 0 radical (unpaired) electrons. The Kier molecular flexibility index (Phi) is 1.63. The SMILES string of the molecule is C[C@](O)(F)C(F)F. The van der Waals surface area contributed by atoms with Crippen LogP contribution in [0.25, 0.3) is 0 Å². The fourth-order valence-corrected chi connectivity index (χ4v) is 0. The maximum atomic E-state index is 11.3. The zero-order chi connectivity index (χ0) is 6.08. The van der Waals surface area contributed by atoms with Crippen molar-refractivity contribution in [2.45, 2.75) is 19.2 Å². The van der Waals surface area contributed by atoms with Gasteiger partial charge in [0.05, 0.1) is 0 Å². The molecule has 0 bridgehead atoms. The van der Waals surface area contributed by atoms with Gasteiger partial charge in [0, 0.05) is 6.92 Å². The smallest absolute Gasteiger partial charge is 0.295 e. The Morgan fingerprint density at radius 3 is 1.71 bits per heavy atom. The summed E-state index contributed by atoms with van der Waals surface area (Å²) in [4.78, 5) is 0. The summed E-state index contributed by atoms with van der Waals surface area (Å²) in [5.41, 5.74) is 0. The molecular formula is C3H5F3O. The van der Waals surface area contributed by atoms with Crippen molar-refractivity contribution in [3.05, 3.63) is 0 Å². The fourth-order valence-electron chi connectivity index (χ4n) is 0. The van der Waals surface area contributed by atoms with Gasteiger partial charge in [0.25, 0.3) is 12.3 Å². The molecule has 4 heteroatoms. The van der Waals surface area contributed by atoms with E-state index in [1.165, 1.54) is 0 Å². The van der Waals surface area contributed by atoms with E-state index in [0.29, 0.717) is 6.92 Å². The van der Waals surface area contributed by atoms with E-state index in [4.69, 9.17) is 5.11 Å². The van der Waals surface area contributed by atoms with E-state index >= 15 is 0 Å². The van der Waals surface area contributed by atoms with Crippen LogP contribution in [0.4, 0.5) is 13.2 Å². The van der Waals surface area contributed by atoms with Crippen LogP contribution in [-0.4, -0.2) is 17.4 Å². The van der Waals surface area contributed by atoms with E-state index in [-0.39, 0.29) is 0 Å². The first-order valence-electron chi connectivity index (χ1n) is 1.64. The van der Waals surface area contributed by atoms with Crippen molar-refractivity contribution in [3.8, 4) is 0 Å². The lowest BCUT2D eigenvalue weighted by molar-refractivity contribution is -0.172. The average Bonchev–Trinajstić information content (AvgIpc) is 1.31. The van der Waals surface area contributed by atoms with Crippen molar-refractivity contribution in [1.29, 1.82) is 0 Å². The maximum absolute atomic E-state index is 11.3. The molecule has 0 aromatic rings. The van der Waals surface area contributed by atoms with E-state index in [2.05, 4.69) is 0 Å². The zero-order valence-corrected chi connectivity index (χ0v) is 3.66. The number of hydrogen-bond acceptors (Lipinski definition) is 1. The van der Waals surface area contributed by atoms with Crippen LogP contribution in [0, 0.1) is 0 Å².